The smallest absolute Gasteiger partial charge is 0.244 e. The molecule has 1 heterocycles. The Hall–Kier alpha value is -0.610. The van der Waals surface area contributed by atoms with Crippen LogP contribution in [0.4, 0.5) is 0 Å². The van der Waals surface area contributed by atoms with Crippen LogP contribution in [0.15, 0.2) is 0 Å². The van der Waals surface area contributed by atoms with E-state index in [4.69, 9.17) is 4.74 Å². The number of carbonyl (C=O) groups excluding carboxylic acids is 1. The van der Waals surface area contributed by atoms with Crippen LogP contribution in [0.2, 0.25) is 0 Å². The van der Waals surface area contributed by atoms with E-state index < -0.39 is 0 Å². The molecule has 1 saturated heterocycles. The van der Waals surface area contributed by atoms with Gasteiger partial charge in [0.1, 0.15) is 0 Å². The molecular formula is C13H24N2O2. The van der Waals surface area contributed by atoms with E-state index in [1.165, 1.54) is 0 Å². The van der Waals surface area contributed by atoms with Gasteiger partial charge in [-0.2, -0.15) is 0 Å². The number of hydrogen-bond acceptors (Lipinski definition) is 3. The molecule has 1 spiro atoms. The van der Waals surface area contributed by atoms with Crippen molar-refractivity contribution in [2.45, 2.75) is 57.2 Å². The van der Waals surface area contributed by atoms with Gasteiger partial charge in [0.2, 0.25) is 5.91 Å². The standard InChI is InChI=1S/C13H24N2O2/c1-3-11-14-13(7-8-13)12(16)15(11)9-5-4-6-10-17-2/h11,14H,3-10H2,1-2H3. The Morgan fingerprint density at radius 2 is 2.18 bits per heavy atom. The molecule has 1 aliphatic carbocycles. The lowest BCUT2D eigenvalue weighted by atomic mass is 10.2. The first-order chi connectivity index (χ1) is 8.23. The van der Waals surface area contributed by atoms with Crippen molar-refractivity contribution < 1.29 is 9.53 Å². The summed E-state index contributed by atoms with van der Waals surface area (Å²) in [7, 11) is 1.73. The predicted octanol–water partition coefficient (Wildman–Crippen LogP) is 1.50. The molecule has 0 bridgehead atoms. The predicted molar refractivity (Wildman–Crippen MR) is 66.6 cm³/mol. The van der Waals surface area contributed by atoms with Crippen LogP contribution >= 0.6 is 0 Å². The van der Waals surface area contributed by atoms with Crippen LogP contribution in [-0.4, -0.2) is 42.8 Å². The zero-order valence-corrected chi connectivity index (χ0v) is 11.0. The number of ether oxygens (including phenoxy) is 1. The molecule has 1 N–H and O–H groups in total. The fourth-order valence-corrected chi connectivity index (χ4v) is 2.64. The average Bonchev–Trinajstić information content (AvgIpc) is 3.06. The van der Waals surface area contributed by atoms with Gasteiger partial charge in [-0.15, -0.1) is 0 Å². The summed E-state index contributed by atoms with van der Waals surface area (Å²) >= 11 is 0. The molecule has 0 aromatic heterocycles. The summed E-state index contributed by atoms with van der Waals surface area (Å²) in [4.78, 5) is 14.3. The number of nitrogens with one attached hydrogen (secondary N) is 1. The van der Waals surface area contributed by atoms with Crippen molar-refractivity contribution in [2.75, 3.05) is 20.3 Å². The third-order valence-corrected chi connectivity index (χ3v) is 3.87. The van der Waals surface area contributed by atoms with Gasteiger partial charge in [0.25, 0.3) is 0 Å². The van der Waals surface area contributed by atoms with Gasteiger partial charge in [-0.25, -0.2) is 0 Å². The van der Waals surface area contributed by atoms with Crippen molar-refractivity contribution >= 4 is 5.91 Å². The number of nitrogens with zero attached hydrogens (tertiary/aromatic N) is 1. The Morgan fingerprint density at radius 1 is 1.41 bits per heavy atom. The quantitative estimate of drug-likeness (QED) is 0.686. The molecule has 0 radical (unpaired) electrons. The highest BCUT2D eigenvalue weighted by molar-refractivity contribution is 5.91. The Labute approximate surface area is 104 Å². The minimum Gasteiger partial charge on any atom is -0.385 e. The summed E-state index contributed by atoms with van der Waals surface area (Å²) in [5.74, 6) is 0.344. The molecule has 98 valence electrons. The highest BCUT2D eigenvalue weighted by Crippen LogP contribution is 2.42. The van der Waals surface area contributed by atoms with E-state index in [0.717, 1.165) is 51.7 Å². The minimum atomic E-state index is -0.146. The minimum absolute atomic E-state index is 0.146. The zero-order chi connectivity index (χ0) is 12.3. The fourth-order valence-electron chi connectivity index (χ4n) is 2.64. The summed E-state index contributed by atoms with van der Waals surface area (Å²) in [5, 5.41) is 3.49. The van der Waals surface area contributed by atoms with Gasteiger partial charge in [0.05, 0.1) is 11.7 Å². The first-order valence-corrected chi connectivity index (χ1v) is 6.81. The molecule has 4 nitrogen and oxygen atoms in total. The zero-order valence-electron chi connectivity index (χ0n) is 11.0. The van der Waals surface area contributed by atoms with Crippen molar-refractivity contribution in [2.24, 2.45) is 0 Å². The lowest BCUT2D eigenvalue weighted by molar-refractivity contribution is -0.130. The molecule has 4 heteroatoms. The molecular weight excluding hydrogens is 216 g/mol. The maximum absolute atomic E-state index is 12.2. The van der Waals surface area contributed by atoms with Crippen molar-refractivity contribution in [3.63, 3.8) is 0 Å². The topological polar surface area (TPSA) is 41.6 Å². The van der Waals surface area contributed by atoms with Crippen LogP contribution in [0.25, 0.3) is 0 Å². The molecule has 2 rings (SSSR count). The maximum atomic E-state index is 12.2. The number of unbranched alkanes of at least 4 members (excludes halogenated alkanes) is 2. The molecule has 2 aliphatic rings. The van der Waals surface area contributed by atoms with Gasteiger partial charge in [-0.1, -0.05) is 6.92 Å². The second kappa shape index (κ2) is 5.36. The summed E-state index contributed by atoms with van der Waals surface area (Å²) < 4.78 is 5.03. The van der Waals surface area contributed by atoms with Gasteiger partial charge in [-0.3, -0.25) is 10.1 Å². The second-order valence-corrected chi connectivity index (χ2v) is 5.20. The van der Waals surface area contributed by atoms with E-state index in [1.54, 1.807) is 7.11 Å². The van der Waals surface area contributed by atoms with Crippen LogP contribution in [-0.2, 0) is 9.53 Å². The van der Waals surface area contributed by atoms with E-state index in [2.05, 4.69) is 17.1 Å². The number of hydrogen-bond donors (Lipinski definition) is 1. The first kappa shape index (κ1) is 12.8. The fraction of sp³-hybridized carbons (Fsp3) is 0.923. The van der Waals surface area contributed by atoms with Gasteiger partial charge in [0.15, 0.2) is 0 Å². The molecule has 0 aromatic rings. The Kier molecular flexibility index (Phi) is 4.05. The van der Waals surface area contributed by atoms with Crippen LogP contribution < -0.4 is 5.32 Å². The van der Waals surface area contributed by atoms with Gasteiger partial charge < -0.3 is 9.64 Å². The van der Waals surface area contributed by atoms with E-state index in [-0.39, 0.29) is 11.7 Å². The first-order valence-electron chi connectivity index (χ1n) is 6.81. The van der Waals surface area contributed by atoms with E-state index in [9.17, 15) is 4.79 Å². The maximum Gasteiger partial charge on any atom is 0.244 e. The largest absolute Gasteiger partial charge is 0.385 e. The van der Waals surface area contributed by atoms with E-state index in [0.29, 0.717) is 5.91 Å². The van der Waals surface area contributed by atoms with Crippen molar-refractivity contribution in [1.82, 2.24) is 10.2 Å². The molecule has 1 atom stereocenters. The highest BCUT2D eigenvalue weighted by atomic mass is 16.5. The Balaban J connectivity index is 1.76. The van der Waals surface area contributed by atoms with Crippen molar-refractivity contribution in [1.29, 1.82) is 0 Å². The summed E-state index contributed by atoms with van der Waals surface area (Å²) in [5.41, 5.74) is -0.146. The molecule has 2 fully saturated rings. The highest BCUT2D eigenvalue weighted by Gasteiger charge is 2.58. The van der Waals surface area contributed by atoms with Gasteiger partial charge >= 0.3 is 0 Å². The van der Waals surface area contributed by atoms with E-state index in [1.807, 2.05) is 0 Å². The van der Waals surface area contributed by atoms with E-state index >= 15 is 0 Å². The molecule has 0 aromatic carbocycles. The lowest BCUT2D eigenvalue weighted by Crippen LogP contribution is -2.37. The van der Waals surface area contributed by atoms with Crippen LogP contribution in [0, 0.1) is 0 Å². The van der Waals surface area contributed by atoms with Crippen molar-refractivity contribution in [3.05, 3.63) is 0 Å². The average molecular weight is 240 g/mol. The number of amides is 1. The van der Waals surface area contributed by atoms with Crippen molar-refractivity contribution in [3.8, 4) is 0 Å². The van der Waals surface area contributed by atoms with Crippen LogP contribution in [0.3, 0.4) is 0 Å². The molecule has 1 aliphatic heterocycles. The lowest BCUT2D eigenvalue weighted by Gasteiger charge is -2.22. The second-order valence-electron chi connectivity index (χ2n) is 5.20. The monoisotopic (exact) mass is 240 g/mol. The van der Waals surface area contributed by atoms with Crippen LogP contribution in [0.5, 0.6) is 0 Å². The SMILES string of the molecule is CCC1NC2(CC2)C(=O)N1CCCCCOC. The van der Waals surface area contributed by atoms with Gasteiger partial charge in [0, 0.05) is 20.3 Å². The summed E-state index contributed by atoms with van der Waals surface area (Å²) in [6.07, 6.45) is 6.65. The molecule has 17 heavy (non-hydrogen) atoms. The number of carbonyl (C=O) groups is 1. The number of rotatable bonds is 7. The Bertz CT molecular complexity index is 277. The van der Waals surface area contributed by atoms with Crippen LogP contribution in [0.1, 0.15) is 45.4 Å². The molecule has 1 saturated carbocycles. The normalized spacial score (nSPS) is 25.9. The molecule has 1 unspecified atom stereocenters. The Morgan fingerprint density at radius 3 is 2.76 bits per heavy atom. The van der Waals surface area contributed by atoms with Gasteiger partial charge in [-0.05, 0) is 38.5 Å². The summed E-state index contributed by atoms with van der Waals surface area (Å²) in [6, 6.07) is 0. The summed E-state index contributed by atoms with van der Waals surface area (Å²) in [6.45, 7) is 3.87. The number of methoxy groups -OCH3 is 1. The third-order valence-electron chi connectivity index (χ3n) is 3.87. The molecule has 1 amide bonds. The third kappa shape index (κ3) is 2.63.